The maximum absolute atomic E-state index is 12.3. The summed E-state index contributed by atoms with van der Waals surface area (Å²) >= 11 is 0. The van der Waals surface area contributed by atoms with Crippen molar-refractivity contribution >= 4 is 11.6 Å². The highest BCUT2D eigenvalue weighted by Crippen LogP contribution is 2.34. The van der Waals surface area contributed by atoms with Gasteiger partial charge in [-0.1, -0.05) is 0 Å². The third kappa shape index (κ3) is 2.94. The molecule has 3 aliphatic heterocycles. The lowest BCUT2D eigenvalue weighted by molar-refractivity contribution is -0.187. The summed E-state index contributed by atoms with van der Waals surface area (Å²) in [4.78, 5) is 14.2. The maximum atomic E-state index is 12.3. The summed E-state index contributed by atoms with van der Waals surface area (Å²) in [6.45, 7) is 3.15. The summed E-state index contributed by atoms with van der Waals surface area (Å²) in [6.07, 6.45) is 1.48. The third-order valence-electron chi connectivity index (χ3n) is 4.51. The predicted molar refractivity (Wildman–Crippen MR) is 81.5 cm³/mol. The molecule has 0 radical (unpaired) electrons. The Hall–Kier alpha value is -1.99. The number of ether oxygens (including phenoxy) is 4. The van der Waals surface area contributed by atoms with E-state index in [0.717, 1.165) is 24.3 Å². The molecule has 1 aromatic carbocycles. The van der Waals surface area contributed by atoms with E-state index in [2.05, 4.69) is 5.32 Å². The summed E-state index contributed by atoms with van der Waals surface area (Å²) in [5.74, 6) is 1.08. The number of hydrogen-bond acceptors (Lipinski definition) is 6. The molecule has 7 heteroatoms. The molecule has 1 N–H and O–H groups in total. The van der Waals surface area contributed by atoms with Crippen molar-refractivity contribution in [3.63, 3.8) is 0 Å². The second-order valence-corrected chi connectivity index (χ2v) is 5.91. The highest BCUT2D eigenvalue weighted by Gasteiger charge is 2.40. The van der Waals surface area contributed by atoms with E-state index in [-0.39, 0.29) is 19.2 Å². The zero-order valence-corrected chi connectivity index (χ0v) is 12.9. The number of fused-ring (bicyclic) bond motifs is 1. The second kappa shape index (κ2) is 5.90. The molecule has 0 aromatic heterocycles. The van der Waals surface area contributed by atoms with Gasteiger partial charge in [0.1, 0.15) is 0 Å². The number of nitrogens with zero attached hydrogens (tertiary/aromatic N) is 1. The van der Waals surface area contributed by atoms with Crippen molar-refractivity contribution in [1.82, 2.24) is 4.90 Å². The van der Waals surface area contributed by atoms with E-state index >= 15 is 0 Å². The SMILES string of the molecule is O=C(CNc1ccc2c(c1)OCO2)N1CCC2(CC1)OCCO2. The van der Waals surface area contributed by atoms with Crippen LogP contribution in [0.3, 0.4) is 0 Å². The fourth-order valence-corrected chi connectivity index (χ4v) is 3.18. The Bertz CT molecular complexity index is 590. The van der Waals surface area contributed by atoms with Crippen LogP contribution in [0, 0.1) is 0 Å². The largest absolute Gasteiger partial charge is 0.454 e. The first-order valence-corrected chi connectivity index (χ1v) is 7.93. The van der Waals surface area contributed by atoms with Crippen LogP contribution in [0.4, 0.5) is 5.69 Å². The van der Waals surface area contributed by atoms with Crippen molar-refractivity contribution < 1.29 is 23.7 Å². The van der Waals surface area contributed by atoms with Crippen molar-refractivity contribution in [3.8, 4) is 11.5 Å². The van der Waals surface area contributed by atoms with Crippen LogP contribution in [0.2, 0.25) is 0 Å². The zero-order valence-electron chi connectivity index (χ0n) is 12.9. The van der Waals surface area contributed by atoms with Gasteiger partial charge < -0.3 is 29.2 Å². The van der Waals surface area contributed by atoms with E-state index in [1.54, 1.807) is 0 Å². The van der Waals surface area contributed by atoms with Crippen LogP contribution in [0.1, 0.15) is 12.8 Å². The summed E-state index contributed by atoms with van der Waals surface area (Å²) in [5.41, 5.74) is 0.846. The van der Waals surface area contributed by atoms with Crippen molar-refractivity contribution in [2.45, 2.75) is 18.6 Å². The van der Waals surface area contributed by atoms with Crippen LogP contribution >= 0.6 is 0 Å². The first-order valence-electron chi connectivity index (χ1n) is 7.93. The van der Waals surface area contributed by atoms with Gasteiger partial charge in [0, 0.05) is 37.7 Å². The summed E-state index contributed by atoms with van der Waals surface area (Å²) in [6, 6.07) is 5.57. The molecular weight excluding hydrogens is 300 g/mol. The lowest BCUT2D eigenvalue weighted by atomic mass is 10.0. The zero-order chi connectivity index (χ0) is 15.7. The number of piperidine rings is 1. The smallest absolute Gasteiger partial charge is 0.241 e. The topological polar surface area (TPSA) is 69.3 Å². The predicted octanol–water partition coefficient (Wildman–Crippen LogP) is 1.19. The van der Waals surface area contributed by atoms with Crippen molar-refractivity contribution in [1.29, 1.82) is 0 Å². The number of benzene rings is 1. The Morgan fingerprint density at radius 2 is 1.87 bits per heavy atom. The molecule has 0 aliphatic carbocycles. The minimum Gasteiger partial charge on any atom is -0.454 e. The van der Waals surface area contributed by atoms with Crippen LogP contribution in [-0.2, 0) is 14.3 Å². The number of nitrogens with one attached hydrogen (secondary N) is 1. The molecule has 1 amide bonds. The highest BCUT2D eigenvalue weighted by molar-refractivity contribution is 5.81. The van der Waals surface area contributed by atoms with E-state index < -0.39 is 5.79 Å². The molecular formula is C16H20N2O5. The molecule has 23 heavy (non-hydrogen) atoms. The summed E-state index contributed by atoms with van der Waals surface area (Å²) in [7, 11) is 0. The van der Waals surface area contributed by atoms with Gasteiger partial charge in [0.2, 0.25) is 12.7 Å². The number of hydrogen-bond donors (Lipinski definition) is 1. The standard InChI is InChI=1S/C16H20N2O5/c19-15(18-5-3-16(4-6-18)22-7-8-23-16)10-17-12-1-2-13-14(9-12)21-11-20-13/h1-2,9,17H,3-8,10-11H2. The molecule has 4 rings (SSSR count). The second-order valence-electron chi connectivity index (χ2n) is 5.91. The van der Waals surface area contributed by atoms with E-state index in [9.17, 15) is 4.79 Å². The number of rotatable bonds is 3. The van der Waals surface area contributed by atoms with Gasteiger partial charge in [-0.15, -0.1) is 0 Å². The first kappa shape index (κ1) is 14.6. The molecule has 0 bridgehead atoms. The average Bonchev–Trinajstić information content (AvgIpc) is 3.22. The van der Waals surface area contributed by atoms with Gasteiger partial charge >= 0.3 is 0 Å². The Morgan fingerprint density at radius 3 is 2.65 bits per heavy atom. The summed E-state index contributed by atoms with van der Waals surface area (Å²) < 4.78 is 22.0. The van der Waals surface area contributed by atoms with Gasteiger partial charge in [-0.05, 0) is 12.1 Å². The first-order chi connectivity index (χ1) is 11.2. The maximum Gasteiger partial charge on any atom is 0.241 e. The highest BCUT2D eigenvalue weighted by atomic mass is 16.7. The van der Waals surface area contributed by atoms with Crippen LogP contribution in [-0.4, -0.2) is 56.2 Å². The molecule has 1 aromatic rings. The fraction of sp³-hybridized carbons (Fsp3) is 0.562. The van der Waals surface area contributed by atoms with Crippen LogP contribution in [0.25, 0.3) is 0 Å². The Balaban J connectivity index is 1.29. The van der Waals surface area contributed by atoms with Gasteiger partial charge in [-0.25, -0.2) is 0 Å². The molecule has 3 heterocycles. The number of carbonyl (C=O) groups is 1. The Kier molecular flexibility index (Phi) is 3.74. The van der Waals surface area contributed by atoms with Gasteiger partial charge in [0.15, 0.2) is 17.3 Å². The van der Waals surface area contributed by atoms with E-state index in [4.69, 9.17) is 18.9 Å². The molecule has 1 spiro atoms. The van der Waals surface area contributed by atoms with E-state index in [0.29, 0.717) is 32.1 Å². The minimum absolute atomic E-state index is 0.0792. The third-order valence-corrected chi connectivity index (χ3v) is 4.51. The minimum atomic E-state index is -0.443. The molecule has 2 saturated heterocycles. The molecule has 3 aliphatic rings. The quantitative estimate of drug-likeness (QED) is 0.902. The van der Waals surface area contributed by atoms with Gasteiger partial charge in [-0.3, -0.25) is 4.79 Å². The molecule has 0 unspecified atom stereocenters. The Morgan fingerprint density at radius 1 is 1.13 bits per heavy atom. The van der Waals surface area contributed by atoms with Crippen LogP contribution < -0.4 is 14.8 Å². The lowest BCUT2D eigenvalue weighted by Gasteiger charge is -2.37. The number of amides is 1. The molecule has 0 saturated carbocycles. The van der Waals surface area contributed by atoms with E-state index in [1.165, 1.54) is 0 Å². The van der Waals surface area contributed by atoms with Gasteiger partial charge in [0.05, 0.1) is 19.8 Å². The number of anilines is 1. The van der Waals surface area contributed by atoms with Crippen molar-refractivity contribution in [2.75, 3.05) is 45.0 Å². The van der Waals surface area contributed by atoms with Gasteiger partial charge in [-0.2, -0.15) is 0 Å². The van der Waals surface area contributed by atoms with E-state index in [1.807, 2.05) is 23.1 Å². The molecule has 7 nitrogen and oxygen atoms in total. The fourth-order valence-electron chi connectivity index (χ4n) is 3.18. The molecule has 2 fully saturated rings. The number of likely N-dealkylation sites (tertiary alicyclic amines) is 1. The lowest BCUT2D eigenvalue weighted by Crippen LogP contribution is -2.48. The molecule has 124 valence electrons. The van der Waals surface area contributed by atoms with Crippen molar-refractivity contribution in [3.05, 3.63) is 18.2 Å². The van der Waals surface area contributed by atoms with Crippen molar-refractivity contribution in [2.24, 2.45) is 0 Å². The molecule has 0 atom stereocenters. The monoisotopic (exact) mass is 320 g/mol. The summed E-state index contributed by atoms with van der Waals surface area (Å²) in [5, 5.41) is 3.14. The number of carbonyl (C=O) groups excluding carboxylic acids is 1. The average molecular weight is 320 g/mol. The van der Waals surface area contributed by atoms with Crippen LogP contribution in [0.5, 0.6) is 11.5 Å². The Labute approximate surface area is 134 Å². The van der Waals surface area contributed by atoms with Crippen LogP contribution in [0.15, 0.2) is 18.2 Å². The van der Waals surface area contributed by atoms with Gasteiger partial charge in [0.25, 0.3) is 0 Å². The normalized spacial score (nSPS) is 21.7.